The summed E-state index contributed by atoms with van der Waals surface area (Å²) in [5, 5.41) is 9.39. The van der Waals surface area contributed by atoms with Crippen LogP contribution in [0.15, 0.2) is 18.2 Å². The zero-order valence-corrected chi connectivity index (χ0v) is 11.9. The minimum atomic E-state index is -0.882. The summed E-state index contributed by atoms with van der Waals surface area (Å²) >= 11 is 0. The van der Waals surface area contributed by atoms with Crippen LogP contribution >= 0.6 is 0 Å². The molecule has 0 spiro atoms. The number of nitrogens with zero attached hydrogens (tertiary/aromatic N) is 1. The van der Waals surface area contributed by atoms with E-state index in [0.717, 1.165) is 10.9 Å². The Morgan fingerprint density at radius 3 is 2.71 bits per heavy atom. The van der Waals surface area contributed by atoms with Crippen molar-refractivity contribution < 1.29 is 19.1 Å². The molecule has 6 heteroatoms. The molecule has 0 atom stereocenters. The van der Waals surface area contributed by atoms with E-state index < -0.39 is 5.97 Å². The average molecular weight is 292 g/mol. The first-order chi connectivity index (χ1) is 9.88. The highest BCUT2D eigenvalue weighted by atomic mass is 19.1. The van der Waals surface area contributed by atoms with Gasteiger partial charge in [-0.3, -0.25) is 9.59 Å². The van der Waals surface area contributed by atoms with E-state index in [1.807, 2.05) is 0 Å². The monoisotopic (exact) mass is 292 g/mol. The Kier molecular flexibility index (Phi) is 4.26. The number of aromatic nitrogens is 1. The van der Waals surface area contributed by atoms with Gasteiger partial charge in [-0.15, -0.1) is 0 Å². The molecule has 21 heavy (non-hydrogen) atoms. The molecule has 1 aromatic heterocycles. The van der Waals surface area contributed by atoms with Gasteiger partial charge in [0.25, 0.3) is 5.91 Å². The van der Waals surface area contributed by atoms with Crippen LogP contribution in [0.2, 0.25) is 0 Å². The molecular weight excluding hydrogens is 275 g/mol. The van der Waals surface area contributed by atoms with Gasteiger partial charge in [0, 0.05) is 30.9 Å². The Labute approximate surface area is 121 Å². The Morgan fingerprint density at radius 1 is 1.33 bits per heavy atom. The van der Waals surface area contributed by atoms with Gasteiger partial charge in [0.15, 0.2) is 0 Å². The fourth-order valence-corrected chi connectivity index (χ4v) is 2.26. The summed E-state index contributed by atoms with van der Waals surface area (Å²) in [6.07, 6.45) is 0.417. The van der Waals surface area contributed by atoms with Crippen molar-refractivity contribution in [3.05, 3.63) is 35.3 Å². The van der Waals surface area contributed by atoms with Crippen molar-refractivity contribution in [1.29, 1.82) is 0 Å². The van der Waals surface area contributed by atoms with E-state index in [9.17, 15) is 14.0 Å². The van der Waals surface area contributed by atoms with Crippen LogP contribution in [-0.2, 0) is 4.79 Å². The van der Waals surface area contributed by atoms with Crippen LogP contribution in [-0.4, -0.2) is 40.5 Å². The minimum Gasteiger partial charge on any atom is -0.481 e. The summed E-state index contributed by atoms with van der Waals surface area (Å²) in [5.41, 5.74) is 1.71. The van der Waals surface area contributed by atoms with Crippen LogP contribution < -0.4 is 0 Å². The van der Waals surface area contributed by atoms with Crippen molar-refractivity contribution in [2.24, 2.45) is 0 Å². The van der Waals surface area contributed by atoms with Crippen molar-refractivity contribution in [3.8, 4) is 0 Å². The lowest BCUT2D eigenvalue weighted by molar-refractivity contribution is -0.137. The van der Waals surface area contributed by atoms with E-state index >= 15 is 0 Å². The second-order valence-electron chi connectivity index (χ2n) is 5.09. The molecule has 0 aliphatic rings. The summed E-state index contributed by atoms with van der Waals surface area (Å²) in [5.74, 6) is -1.47. The highest BCUT2D eigenvalue weighted by molar-refractivity contribution is 5.98. The molecule has 0 bridgehead atoms. The quantitative estimate of drug-likeness (QED) is 0.889. The van der Waals surface area contributed by atoms with Gasteiger partial charge in [0.1, 0.15) is 11.5 Å². The number of amides is 1. The average Bonchev–Trinajstić information content (AvgIpc) is 2.81. The number of aliphatic carboxylic acids is 1. The Hall–Kier alpha value is -2.37. The Bertz CT molecular complexity index is 694. The third-order valence-electron chi connectivity index (χ3n) is 3.37. The molecule has 0 saturated heterocycles. The molecule has 112 valence electrons. The zero-order chi connectivity index (χ0) is 15.6. The first-order valence-electron chi connectivity index (χ1n) is 6.64. The number of aryl methyl sites for hydroxylation is 1. The van der Waals surface area contributed by atoms with Crippen LogP contribution in [0.1, 0.15) is 28.9 Å². The number of fused-ring (bicyclic) bond motifs is 1. The molecule has 1 amide bonds. The minimum absolute atomic E-state index is 0.0225. The fraction of sp³-hybridized carbons (Fsp3) is 0.333. The number of hydrogen-bond donors (Lipinski definition) is 2. The van der Waals surface area contributed by atoms with E-state index in [1.54, 1.807) is 20.0 Å². The maximum absolute atomic E-state index is 13.3. The molecule has 2 rings (SSSR count). The lowest BCUT2D eigenvalue weighted by atomic mass is 10.1. The number of halogens is 1. The molecule has 0 aliphatic carbocycles. The molecule has 1 aromatic carbocycles. The number of carbonyl (C=O) groups is 2. The Morgan fingerprint density at radius 2 is 2.05 bits per heavy atom. The number of carbonyl (C=O) groups excluding carboxylic acids is 1. The van der Waals surface area contributed by atoms with Crippen LogP contribution in [0.5, 0.6) is 0 Å². The molecule has 1 heterocycles. The van der Waals surface area contributed by atoms with Crippen molar-refractivity contribution in [2.45, 2.75) is 19.8 Å². The first kappa shape index (κ1) is 15.0. The largest absolute Gasteiger partial charge is 0.481 e. The number of hydrogen-bond acceptors (Lipinski definition) is 2. The molecule has 0 fully saturated rings. The summed E-state index contributed by atoms with van der Waals surface area (Å²) in [6, 6.07) is 4.46. The van der Waals surface area contributed by atoms with Gasteiger partial charge in [-0.25, -0.2) is 4.39 Å². The second-order valence-corrected chi connectivity index (χ2v) is 5.09. The standard InChI is InChI=1S/C15H17FN2O3/c1-9-6-10(16)7-12-11(9)8-13(17-12)15(21)18(2)5-3-4-14(19)20/h6-8,17H,3-5H2,1-2H3,(H,19,20). The third kappa shape index (κ3) is 3.39. The zero-order valence-electron chi connectivity index (χ0n) is 11.9. The fourth-order valence-electron chi connectivity index (χ4n) is 2.26. The number of carboxylic acids is 1. The molecule has 0 radical (unpaired) electrons. The maximum Gasteiger partial charge on any atom is 0.303 e. The lowest BCUT2D eigenvalue weighted by Crippen LogP contribution is -2.28. The number of aromatic amines is 1. The van der Waals surface area contributed by atoms with Gasteiger partial charge in [0.05, 0.1) is 0 Å². The van der Waals surface area contributed by atoms with E-state index in [4.69, 9.17) is 5.11 Å². The number of rotatable bonds is 5. The van der Waals surface area contributed by atoms with Crippen molar-refractivity contribution >= 4 is 22.8 Å². The lowest BCUT2D eigenvalue weighted by Gasteiger charge is -2.15. The van der Waals surface area contributed by atoms with Gasteiger partial charge in [-0.05, 0) is 37.1 Å². The topological polar surface area (TPSA) is 73.4 Å². The van der Waals surface area contributed by atoms with Gasteiger partial charge in [-0.1, -0.05) is 0 Å². The highest BCUT2D eigenvalue weighted by Crippen LogP contribution is 2.21. The molecule has 0 unspecified atom stereocenters. The van der Waals surface area contributed by atoms with Gasteiger partial charge < -0.3 is 15.0 Å². The predicted octanol–water partition coefficient (Wildman–Crippen LogP) is 2.55. The van der Waals surface area contributed by atoms with Gasteiger partial charge in [-0.2, -0.15) is 0 Å². The molecule has 5 nitrogen and oxygen atoms in total. The van der Waals surface area contributed by atoms with Crippen LogP contribution in [0.3, 0.4) is 0 Å². The van der Waals surface area contributed by atoms with E-state index in [1.165, 1.54) is 17.0 Å². The van der Waals surface area contributed by atoms with Crippen molar-refractivity contribution in [3.63, 3.8) is 0 Å². The smallest absolute Gasteiger partial charge is 0.303 e. The van der Waals surface area contributed by atoms with E-state index in [2.05, 4.69) is 4.98 Å². The van der Waals surface area contributed by atoms with Gasteiger partial charge in [0.2, 0.25) is 0 Å². The highest BCUT2D eigenvalue weighted by Gasteiger charge is 2.15. The summed E-state index contributed by atoms with van der Waals surface area (Å²) < 4.78 is 13.3. The number of nitrogens with one attached hydrogen (secondary N) is 1. The third-order valence-corrected chi connectivity index (χ3v) is 3.37. The first-order valence-corrected chi connectivity index (χ1v) is 6.64. The van der Waals surface area contributed by atoms with Crippen LogP contribution in [0.25, 0.3) is 10.9 Å². The molecular formula is C15H17FN2O3. The van der Waals surface area contributed by atoms with E-state index in [0.29, 0.717) is 24.2 Å². The summed E-state index contributed by atoms with van der Waals surface area (Å²) in [7, 11) is 1.61. The van der Waals surface area contributed by atoms with Crippen molar-refractivity contribution in [2.75, 3.05) is 13.6 Å². The second kappa shape index (κ2) is 5.95. The van der Waals surface area contributed by atoms with Crippen LogP contribution in [0, 0.1) is 12.7 Å². The predicted molar refractivity (Wildman–Crippen MR) is 76.8 cm³/mol. The molecule has 2 aromatic rings. The maximum atomic E-state index is 13.3. The molecule has 2 N–H and O–H groups in total. The van der Waals surface area contributed by atoms with Crippen LogP contribution in [0.4, 0.5) is 4.39 Å². The SMILES string of the molecule is Cc1cc(F)cc2[nH]c(C(=O)N(C)CCCC(=O)O)cc12. The number of benzene rings is 1. The normalized spacial score (nSPS) is 10.8. The molecule has 0 saturated carbocycles. The number of carboxylic acid groups (broad SMARTS) is 1. The number of H-pyrrole nitrogens is 1. The van der Waals surface area contributed by atoms with Crippen molar-refractivity contribution in [1.82, 2.24) is 9.88 Å². The summed E-state index contributed by atoms with van der Waals surface area (Å²) in [6.45, 7) is 2.14. The van der Waals surface area contributed by atoms with E-state index in [-0.39, 0.29) is 18.1 Å². The Balaban J connectivity index is 2.15. The summed E-state index contributed by atoms with van der Waals surface area (Å²) in [4.78, 5) is 27.1. The molecule has 0 aliphatic heterocycles. The van der Waals surface area contributed by atoms with Gasteiger partial charge >= 0.3 is 5.97 Å².